The molecule has 5 nitrogen and oxygen atoms in total. The lowest BCUT2D eigenvalue weighted by atomic mass is 10.1. The number of nitro groups is 1. The van der Waals surface area contributed by atoms with E-state index in [4.69, 9.17) is 0 Å². The lowest BCUT2D eigenvalue weighted by molar-refractivity contribution is -0.385. The van der Waals surface area contributed by atoms with E-state index in [9.17, 15) is 14.9 Å². The van der Waals surface area contributed by atoms with Crippen molar-refractivity contribution >= 4 is 33.2 Å². The summed E-state index contributed by atoms with van der Waals surface area (Å²) in [6, 6.07) is 4.64. The third-order valence-electron chi connectivity index (χ3n) is 2.51. The Morgan fingerprint density at radius 3 is 2.56 bits per heavy atom. The Bertz CT molecular complexity index is 474. The average Bonchev–Trinajstić information content (AvgIpc) is 2.29. The molecule has 0 aliphatic carbocycles. The Labute approximate surface area is 114 Å². The fourth-order valence-corrected chi connectivity index (χ4v) is 1.51. The number of carbonyl (C=O) groups excluding carboxylic acids is 1. The molecule has 1 amide bonds. The first-order chi connectivity index (χ1) is 8.32. The number of nitro benzene ring substituents is 1. The maximum atomic E-state index is 11.8. The highest BCUT2D eigenvalue weighted by Gasteiger charge is 2.19. The van der Waals surface area contributed by atoms with Gasteiger partial charge in [-0.2, -0.15) is 0 Å². The maximum Gasteiger partial charge on any atom is 0.274 e. The summed E-state index contributed by atoms with van der Waals surface area (Å²) in [5, 5.41) is 13.4. The summed E-state index contributed by atoms with van der Waals surface area (Å²) in [5.41, 5.74) is 1.00. The van der Waals surface area contributed by atoms with Gasteiger partial charge < -0.3 is 5.32 Å². The number of alkyl halides is 1. The van der Waals surface area contributed by atoms with Gasteiger partial charge in [-0.1, -0.05) is 35.8 Å². The molecular weight excluding hydrogens is 300 g/mol. The van der Waals surface area contributed by atoms with Gasteiger partial charge in [-0.3, -0.25) is 14.9 Å². The van der Waals surface area contributed by atoms with Crippen LogP contribution in [0.1, 0.15) is 19.4 Å². The molecule has 0 aliphatic heterocycles. The summed E-state index contributed by atoms with van der Waals surface area (Å²) in [6.45, 7) is 5.48. The summed E-state index contributed by atoms with van der Waals surface area (Å²) in [5.74, 6) is -0.0615. The van der Waals surface area contributed by atoms with Crippen molar-refractivity contribution in [1.29, 1.82) is 0 Å². The Morgan fingerprint density at radius 2 is 2.06 bits per heavy atom. The van der Waals surface area contributed by atoms with Crippen LogP contribution in [0.15, 0.2) is 18.2 Å². The van der Waals surface area contributed by atoms with Crippen LogP contribution in [-0.4, -0.2) is 15.7 Å². The second kappa shape index (κ2) is 5.95. The molecule has 1 atom stereocenters. The van der Waals surface area contributed by atoms with Crippen molar-refractivity contribution in [1.82, 2.24) is 0 Å². The van der Waals surface area contributed by atoms with E-state index in [-0.39, 0.29) is 22.3 Å². The first-order valence-electron chi connectivity index (χ1n) is 5.53. The highest BCUT2D eigenvalue weighted by Crippen LogP contribution is 2.23. The molecule has 0 bridgehead atoms. The minimum absolute atomic E-state index is 0.00321. The van der Waals surface area contributed by atoms with Gasteiger partial charge in [-0.25, -0.2) is 0 Å². The number of carbonyl (C=O) groups is 1. The molecule has 1 unspecified atom stereocenters. The SMILES string of the molecule is Cc1ccc(NC(=O)C(Br)C(C)C)cc1[N+](=O)[O-]. The van der Waals surface area contributed by atoms with Crippen molar-refractivity contribution in [2.45, 2.75) is 25.6 Å². The number of halogens is 1. The number of aryl methyl sites for hydroxylation is 1. The quantitative estimate of drug-likeness (QED) is 0.526. The van der Waals surface area contributed by atoms with Crippen LogP contribution in [0.2, 0.25) is 0 Å². The number of benzene rings is 1. The van der Waals surface area contributed by atoms with Gasteiger partial charge in [0, 0.05) is 17.3 Å². The highest BCUT2D eigenvalue weighted by molar-refractivity contribution is 9.10. The largest absolute Gasteiger partial charge is 0.325 e. The summed E-state index contributed by atoms with van der Waals surface area (Å²) in [4.78, 5) is 21.8. The van der Waals surface area contributed by atoms with Crippen LogP contribution in [0.4, 0.5) is 11.4 Å². The minimum Gasteiger partial charge on any atom is -0.325 e. The summed E-state index contributed by atoms with van der Waals surface area (Å²) in [6.07, 6.45) is 0. The molecule has 0 heterocycles. The van der Waals surface area contributed by atoms with Crippen molar-refractivity contribution in [2.75, 3.05) is 5.32 Å². The molecule has 0 saturated carbocycles. The molecular formula is C12H15BrN2O3. The van der Waals surface area contributed by atoms with Gasteiger partial charge in [-0.05, 0) is 18.9 Å². The number of amides is 1. The fraction of sp³-hybridized carbons (Fsp3) is 0.417. The molecule has 1 aromatic carbocycles. The van der Waals surface area contributed by atoms with E-state index in [1.165, 1.54) is 6.07 Å². The number of nitrogens with zero attached hydrogens (tertiary/aromatic N) is 1. The summed E-state index contributed by atoms with van der Waals surface area (Å²) in [7, 11) is 0. The molecule has 0 aromatic heterocycles. The summed E-state index contributed by atoms with van der Waals surface area (Å²) < 4.78 is 0. The van der Waals surface area contributed by atoms with Gasteiger partial charge in [-0.15, -0.1) is 0 Å². The standard InChI is InChI=1S/C12H15BrN2O3/c1-7(2)11(13)12(16)14-9-5-4-8(3)10(6-9)15(17)18/h4-7,11H,1-3H3,(H,14,16). The van der Waals surface area contributed by atoms with E-state index in [2.05, 4.69) is 21.2 Å². The van der Waals surface area contributed by atoms with E-state index in [0.717, 1.165) is 0 Å². The average molecular weight is 315 g/mol. The van der Waals surface area contributed by atoms with Gasteiger partial charge >= 0.3 is 0 Å². The molecule has 0 radical (unpaired) electrons. The zero-order valence-electron chi connectivity index (χ0n) is 10.4. The van der Waals surface area contributed by atoms with Crippen LogP contribution in [0.5, 0.6) is 0 Å². The number of hydrogen-bond acceptors (Lipinski definition) is 3. The van der Waals surface area contributed by atoms with Crippen molar-refractivity contribution < 1.29 is 9.72 Å². The van der Waals surface area contributed by atoms with Crippen LogP contribution in [0.25, 0.3) is 0 Å². The normalized spacial score (nSPS) is 12.3. The summed E-state index contributed by atoms with van der Waals surface area (Å²) >= 11 is 3.28. The zero-order valence-corrected chi connectivity index (χ0v) is 12.0. The number of rotatable bonds is 4. The van der Waals surface area contributed by atoms with Gasteiger partial charge in [0.25, 0.3) is 5.69 Å². The molecule has 0 saturated heterocycles. The number of hydrogen-bond donors (Lipinski definition) is 1. The van der Waals surface area contributed by atoms with Crippen LogP contribution in [-0.2, 0) is 4.79 Å². The van der Waals surface area contributed by atoms with E-state index in [1.54, 1.807) is 19.1 Å². The minimum atomic E-state index is -0.459. The molecule has 1 N–H and O–H groups in total. The van der Waals surface area contributed by atoms with Gasteiger partial charge in [0.15, 0.2) is 0 Å². The molecule has 0 aliphatic rings. The molecule has 0 spiro atoms. The van der Waals surface area contributed by atoms with Gasteiger partial charge in [0.05, 0.1) is 9.75 Å². The Kier molecular flexibility index (Phi) is 4.84. The molecule has 1 rings (SSSR count). The van der Waals surface area contributed by atoms with E-state index in [0.29, 0.717) is 11.3 Å². The van der Waals surface area contributed by atoms with Gasteiger partial charge in [0.1, 0.15) is 0 Å². The van der Waals surface area contributed by atoms with E-state index >= 15 is 0 Å². The molecule has 18 heavy (non-hydrogen) atoms. The monoisotopic (exact) mass is 314 g/mol. The fourth-order valence-electron chi connectivity index (χ4n) is 1.40. The van der Waals surface area contributed by atoms with Crippen molar-refractivity contribution in [2.24, 2.45) is 5.92 Å². The lowest BCUT2D eigenvalue weighted by Gasteiger charge is -2.13. The van der Waals surface area contributed by atoms with Crippen molar-refractivity contribution in [3.8, 4) is 0 Å². The Hall–Kier alpha value is -1.43. The molecule has 98 valence electrons. The van der Waals surface area contributed by atoms with E-state index < -0.39 is 4.92 Å². The lowest BCUT2D eigenvalue weighted by Crippen LogP contribution is -2.27. The van der Waals surface area contributed by atoms with Gasteiger partial charge in [0.2, 0.25) is 5.91 Å². The third kappa shape index (κ3) is 3.53. The van der Waals surface area contributed by atoms with Crippen LogP contribution in [0.3, 0.4) is 0 Å². The second-order valence-electron chi connectivity index (χ2n) is 4.39. The topological polar surface area (TPSA) is 72.2 Å². The first-order valence-corrected chi connectivity index (χ1v) is 6.44. The third-order valence-corrected chi connectivity index (χ3v) is 3.98. The van der Waals surface area contributed by atoms with Crippen molar-refractivity contribution in [3.63, 3.8) is 0 Å². The smallest absolute Gasteiger partial charge is 0.274 e. The molecule has 0 fully saturated rings. The first kappa shape index (κ1) is 14.6. The highest BCUT2D eigenvalue weighted by atomic mass is 79.9. The van der Waals surface area contributed by atoms with Crippen LogP contribution >= 0.6 is 15.9 Å². The molecule has 6 heteroatoms. The van der Waals surface area contributed by atoms with Crippen molar-refractivity contribution in [3.05, 3.63) is 33.9 Å². The Balaban J connectivity index is 2.89. The predicted molar refractivity (Wildman–Crippen MR) is 74.0 cm³/mol. The number of anilines is 1. The van der Waals surface area contributed by atoms with Crippen LogP contribution < -0.4 is 5.32 Å². The second-order valence-corrected chi connectivity index (χ2v) is 5.38. The Morgan fingerprint density at radius 1 is 1.44 bits per heavy atom. The predicted octanol–water partition coefficient (Wildman–Crippen LogP) is 3.26. The maximum absolute atomic E-state index is 11.8. The molecule has 1 aromatic rings. The van der Waals surface area contributed by atoms with Crippen LogP contribution in [0, 0.1) is 23.0 Å². The van der Waals surface area contributed by atoms with E-state index in [1.807, 2.05) is 13.8 Å². The number of nitrogens with one attached hydrogen (secondary N) is 1. The zero-order chi connectivity index (χ0) is 13.9.